The Hall–Kier alpha value is -4.66. The molecular weight excluding hydrogens is 476 g/mol. The Balaban J connectivity index is 1.54. The number of furan rings is 1. The molecule has 0 saturated heterocycles. The third-order valence-corrected chi connectivity index (χ3v) is 6.61. The van der Waals surface area contributed by atoms with Crippen molar-refractivity contribution in [3.63, 3.8) is 0 Å². The van der Waals surface area contributed by atoms with Crippen LogP contribution in [0.4, 0.5) is 0 Å². The average molecular weight is 503 g/mol. The first-order chi connectivity index (χ1) is 18.0. The number of methoxy groups -OCH3 is 3. The van der Waals surface area contributed by atoms with Crippen LogP contribution in [0.15, 0.2) is 76.7 Å². The van der Waals surface area contributed by atoms with E-state index in [1.165, 1.54) is 31.4 Å². The molecule has 1 aliphatic heterocycles. The standard InChI is InChI=1S/C28H26N2O7/c1-34-18-7-8-20-19(14-18)17(15-29-20)10-11-30-25(16-6-9-21(35-2)23(13-16)36-3)24(27(32)28(30)33)26(31)22-5-4-12-37-22/h4-9,12-15,25,29,32H,10-11H2,1-3H3. The fraction of sp³-hybridized carbons (Fsp3) is 0.214. The van der Waals surface area contributed by atoms with Crippen LogP contribution >= 0.6 is 0 Å². The fourth-order valence-electron chi connectivity index (χ4n) is 4.76. The van der Waals surface area contributed by atoms with Crippen molar-refractivity contribution in [2.75, 3.05) is 27.9 Å². The fourth-order valence-corrected chi connectivity index (χ4v) is 4.76. The van der Waals surface area contributed by atoms with Crippen molar-refractivity contribution in [2.45, 2.75) is 12.5 Å². The summed E-state index contributed by atoms with van der Waals surface area (Å²) in [6.07, 6.45) is 3.73. The van der Waals surface area contributed by atoms with Crippen LogP contribution in [0.3, 0.4) is 0 Å². The van der Waals surface area contributed by atoms with Crippen molar-refractivity contribution in [2.24, 2.45) is 0 Å². The highest BCUT2D eigenvalue weighted by atomic mass is 16.5. The average Bonchev–Trinajstić information content (AvgIpc) is 3.66. The largest absolute Gasteiger partial charge is 0.503 e. The molecule has 2 aromatic heterocycles. The smallest absolute Gasteiger partial charge is 0.290 e. The molecule has 0 radical (unpaired) electrons. The minimum absolute atomic E-state index is 0.0328. The Bertz CT molecular complexity index is 1500. The van der Waals surface area contributed by atoms with Crippen molar-refractivity contribution >= 4 is 22.6 Å². The van der Waals surface area contributed by atoms with Gasteiger partial charge < -0.3 is 33.6 Å². The number of hydrogen-bond acceptors (Lipinski definition) is 7. The highest BCUT2D eigenvalue weighted by Gasteiger charge is 2.44. The molecule has 2 aromatic carbocycles. The van der Waals surface area contributed by atoms with E-state index in [-0.39, 0.29) is 17.9 Å². The molecule has 0 fully saturated rings. The Kier molecular flexibility index (Phi) is 6.35. The van der Waals surface area contributed by atoms with Crippen LogP contribution in [-0.2, 0) is 11.2 Å². The minimum Gasteiger partial charge on any atom is -0.503 e. The normalized spacial score (nSPS) is 15.5. The Labute approximate surface area is 212 Å². The molecular formula is C28H26N2O7. The van der Waals surface area contributed by atoms with E-state index in [1.54, 1.807) is 31.4 Å². The molecule has 0 aliphatic carbocycles. The molecule has 3 heterocycles. The Morgan fingerprint density at radius 2 is 1.86 bits per heavy atom. The number of benzene rings is 2. The molecule has 9 nitrogen and oxygen atoms in total. The molecule has 190 valence electrons. The number of carbonyl (C=O) groups excluding carboxylic acids is 2. The molecule has 4 aromatic rings. The van der Waals surface area contributed by atoms with E-state index in [1.807, 2.05) is 24.4 Å². The van der Waals surface area contributed by atoms with Gasteiger partial charge in [-0.25, -0.2) is 0 Å². The van der Waals surface area contributed by atoms with Crippen molar-refractivity contribution in [3.05, 3.63) is 89.2 Å². The van der Waals surface area contributed by atoms with Gasteiger partial charge in [-0.15, -0.1) is 0 Å². The summed E-state index contributed by atoms with van der Waals surface area (Å²) < 4.78 is 21.5. The van der Waals surface area contributed by atoms with Gasteiger partial charge in [-0.1, -0.05) is 6.07 Å². The number of ketones is 1. The second-order valence-electron chi connectivity index (χ2n) is 8.56. The number of aliphatic hydroxyl groups excluding tert-OH is 1. The summed E-state index contributed by atoms with van der Waals surface area (Å²) in [4.78, 5) is 31.4. The first kappa shape index (κ1) is 24.1. The van der Waals surface area contributed by atoms with Gasteiger partial charge in [0.05, 0.1) is 39.2 Å². The maximum atomic E-state index is 13.4. The van der Waals surface area contributed by atoms with Gasteiger partial charge in [-0.05, 0) is 60.0 Å². The zero-order valence-electron chi connectivity index (χ0n) is 20.6. The van der Waals surface area contributed by atoms with Crippen LogP contribution in [-0.4, -0.2) is 54.6 Å². The summed E-state index contributed by atoms with van der Waals surface area (Å²) in [6, 6.07) is 13.1. The van der Waals surface area contributed by atoms with E-state index >= 15 is 0 Å². The van der Waals surface area contributed by atoms with Gasteiger partial charge in [0.15, 0.2) is 23.0 Å². The molecule has 0 bridgehead atoms. The van der Waals surface area contributed by atoms with E-state index in [9.17, 15) is 14.7 Å². The quantitative estimate of drug-likeness (QED) is 0.321. The molecule has 1 unspecified atom stereocenters. The zero-order valence-corrected chi connectivity index (χ0v) is 20.6. The van der Waals surface area contributed by atoms with E-state index in [0.29, 0.717) is 23.5 Å². The molecule has 9 heteroatoms. The van der Waals surface area contributed by atoms with Crippen LogP contribution in [0.2, 0.25) is 0 Å². The number of hydrogen-bond donors (Lipinski definition) is 2. The molecule has 0 saturated carbocycles. The van der Waals surface area contributed by atoms with Crippen LogP contribution in [0.25, 0.3) is 10.9 Å². The first-order valence-electron chi connectivity index (χ1n) is 11.6. The number of ether oxygens (including phenoxy) is 3. The van der Waals surface area contributed by atoms with E-state index in [4.69, 9.17) is 18.6 Å². The number of nitrogens with one attached hydrogen (secondary N) is 1. The lowest BCUT2D eigenvalue weighted by atomic mass is 9.94. The number of H-pyrrole nitrogens is 1. The number of aliphatic hydroxyl groups is 1. The van der Waals surface area contributed by atoms with Gasteiger partial charge in [0, 0.05) is 23.6 Å². The van der Waals surface area contributed by atoms with Crippen molar-refractivity contribution in [1.29, 1.82) is 0 Å². The maximum absolute atomic E-state index is 13.4. The van der Waals surface area contributed by atoms with Crippen LogP contribution < -0.4 is 14.2 Å². The van der Waals surface area contributed by atoms with Crippen LogP contribution in [0.1, 0.15) is 27.7 Å². The second kappa shape index (κ2) is 9.77. The van der Waals surface area contributed by atoms with E-state index in [0.717, 1.165) is 22.2 Å². The SMILES string of the molecule is COc1ccc2[nH]cc(CCN3C(=O)C(O)=C(C(=O)c4ccco4)C3c3ccc(OC)c(OC)c3)c2c1. The van der Waals surface area contributed by atoms with E-state index in [2.05, 4.69) is 4.98 Å². The van der Waals surface area contributed by atoms with Crippen molar-refractivity contribution in [3.8, 4) is 17.2 Å². The van der Waals surface area contributed by atoms with Crippen LogP contribution in [0.5, 0.6) is 17.2 Å². The number of aromatic amines is 1. The molecule has 1 atom stereocenters. The van der Waals surface area contributed by atoms with Gasteiger partial charge in [0.1, 0.15) is 5.75 Å². The van der Waals surface area contributed by atoms with Gasteiger partial charge in [0.25, 0.3) is 5.91 Å². The lowest BCUT2D eigenvalue weighted by Gasteiger charge is -2.27. The maximum Gasteiger partial charge on any atom is 0.290 e. The van der Waals surface area contributed by atoms with Gasteiger partial charge in [-0.3, -0.25) is 9.59 Å². The summed E-state index contributed by atoms with van der Waals surface area (Å²) in [7, 11) is 4.64. The first-order valence-corrected chi connectivity index (χ1v) is 11.6. The Morgan fingerprint density at radius 1 is 1.05 bits per heavy atom. The lowest BCUT2D eigenvalue weighted by molar-refractivity contribution is -0.129. The number of amides is 1. The van der Waals surface area contributed by atoms with Gasteiger partial charge in [-0.2, -0.15) is 0 Å². The summed E-state index contributed by atoms with van der Waals surface area (Å²) in [5, 5.41) is 11.9. The van der Waals surface area contributed by atoms with Gasteiger partial charge >= 0.3 is 0 Å². The van der Waals surface area contributed by atoms with E-state index < -0.39 is 23.5 Å². The second-order valence-corrected chi connectivity index (χ2v) is 8.56. The number of carbonyl (C=O) groups is 2. The van der Waals surface area contributed by atoms with Gasteiger partial charge in [0.2, 0.25) is 5.78 Å². The third-order valence-electron chi connectivity index (χ3n) is 6.61. The number of rotatable bonds is 9. The van der Waals surface area contributed by atoms with Crippen molar-refractivity contribution < 1.29 is 33.3 Å². The summed E-state index contributed by atoms with van der Waals surface area (Å²) in [6.45, 7) is 0.237. The number of fused-ring (bicyclic) bond motifs is 1. The molecule has 1 aliphatic rings. The monoisotopic (exact) mass is 502 g/mol. The number of nitrogens with zero attached hydrogens (tertiary/aromatic N) is 1. The topological polar surface area (TPSA) is 114 Å². The summed E-state index contributed by atoms with van der Waals surface area (Å²) in [5.74, 6) is -0.0945. The third kappa shape index (κ3) is 4.18. The van der Waals surface area contributed by atoms with Crippen molar-refractivity contribution in [1.82, 2.24) is 9.88 Å². The predicted molar refractivity (Wildman–Crippen MR) is 135 cm³/mol. The van der Waals surface area contributed by atoms with Crippen LogP contribution in [0, 0.1) is 0 Å². The highest BCUT2D eigenvalue weighted by molar-refractivity contribution is 6.15. The Morgan fingerprint density at radius 3 is 2.57 bits per heavy atom. The highest BCUT2D eigenvalue weighted by Crippen LogP contribution is 2.42. The summed E-state index contributed by atoms with van der Waals surface area (Å²) >= 11 is 0. The molecule has 5 rings (SSSR count). The molecule has 1 amide bonds. The molecule has 37 heavy (non-hydrogen) atoms. The molecule has 2 N–H and O–H groups in total. The summed E-state index contributed by atoms with van der Waals surface area (Å²) in [5.41, 5.74) is 2.45. The molecule has 0 spiro atoms. The minimum atomic E-state index is -0.857. The predicted octanol–water partition coefficient (Wildman–Crippen LogP) is 4.61. The number of aromatic nitrogens is 1. The lowest BCUT2D eigenvalue weighted by Crippen LogP contribution is -2.33. The zero-order chi connectivity index (χ0) is 26.1. The number of Topliss-reactive ketones (excluding diaryl/α,β-unsaturated/α-hetero) is 1.